The number of aldehydes is 1. The van der Waals surface area contributed by atoms with Crippen LogP contribution in [0, 0.1) is 12.8 Å². The molecular weight excluding hydrogens is 148 g/mol. The molecule has 2 radical (unpaired) electrons. The molecule has 0 amide bonds. The molecule has 0 aromatic heterocycles. The summed E-state index contributed by atoms with van der Waals surface area (Å²) in [5, 5.41) is 0. The van der Waals surface area contributed by atoms with E-state index in [9.17, 15) is 4.79 Å². The van der Waals surface area contributed by atoms with Crippen molar-refractivity contribution in [3.8, 4) is 0 Å². The van der Waals surface area contributed by atoms with Crippen LogP contribution in [0.3, 0.4) is 0 Å². The van der Waals surface area contributed by atoms with Gasteiger partial charge in [-0.2, -0.15) is 0 Å². The van der Waals surface area contributed by atoms with Gasteiger partial charge in [-0.05, 0) is 25.3 Å². The van der Waals surface area contributed by atoms with Crippen LogP contribution in [0.5, 0.6) is 0 Å². The first-order chi connectivity index (χ1) is 5.83. The summed E-state index contributed by atoms with van der Waals surface area (Å²) in [5.74, 6) is -0.315. The molecule has 1 aromatic carbocycles. The Labute approximate surface area is 73.4 Å². The minimum atomic E-state index is -0.315. The van der Waals surface area contributed by atoms with E-state index < -0.39 is 0 Å². The Kier molecular flexibility index (Phi) is 3.52. The van der Waals surface area contributed by atoms with E-state index in [1.54, 1.807) is 0 Å². The third-order valence-corrected chi connectivity index (χ3v) is 1.78. The van der Waals surface area contributed by atoms with Crippen molar-refractivity contribution < 1.29 is 4.79 Å². The fourth-order valence-corrected chi connectivity index (χ4v) is 1.05. The Bertz CT molecular complexity index is 228. The lowest BCUT2D eigenvalue weighted by Gasteiger charge is -2.02. The van der Waals surface area contributed by atoms with Gasteiger partial charge in [0, 0.05) is 5.92 Å². The zero-order chi connectivity index (χ0) is 8.81. The molecule has 0 saturated heterocycles. The first-order valence-electron chi connectivity index (χ1n) is 4.07. The molecule has 0 fully saturated rings. The molecule has 0 saturated carbocycles. The lowest BCUT2D eigenvalue weighted by atomic mass is 10.0. The van der Waals surface area contributed by atoms with Crippen LogP contribution < -0.4 is 0 Å². The predicted molar refractivity (Wildman–Crippen MR) is 48.6 cm³/mol. The summed E-state index contributed by atoms with van der Waals surface area (Å²) in [6.45, 7) is 5.45. The Morgan fingerprint density at radius 2 is 2.00 bits per heavy atom. The van der Waals surface area contributed by atoms with E-state index >= 15 is 0 Å². The van der Waals surface area contributed by atoms with E-state index in [0.29, 0.717) is 0 Å². The molecule has 0 aliphatic carbocycles. The zero-order valence-electron chi connectivity index (χ0n) is 6.94. The summed E-state index contributed by atoms with van der Waals surface area (Å²) in [5.41, 5.74) is 1.23. The fraction of sp³-hybridized carbons (Fsp3) is 0.273. The third kappa shape index (κ3) is 2.87. The SMILES string of the molecule is [CH][C@H](C=O)CCc1ccccc1. The smallest absolute Gasteiger partial charge is 0.123 e. The van der Waals surface area contributed by atoms with Gasteiger partial charge in [-0.25, -0.2) is 0 Å². The quantitative estimate of drug-likeness (QED) is 0.617. The van der Waals surface area contributed by atoms with Gasteiger partial charge in [-0.15, -0.1) is 0 Å². The highest BCUT2D eigenvalue weighted by Crippen LogP contribution is 2.06. The summed E-state index contributed by atoms with van der Waals surface area (Å²) in [4.78, 5) is 10.2. The van der Waals surface area contributed by atoms with E-state index in [4.69, 9.17) is 6.92 Å². The van der Waals surface area contributed by atoms with Crippen LogP contribution in [-0.2, 0) is 11.2 Å². The van der Waals surface area contributed by atoms with Gasteiger partial charge in [0.1, 0.15) is 6.29 Å². The molecule has 12 heavy (non-hydrogen) atoms. The topological polar surface area (TPSA) is 17.1 Å². The van der Waals surface area contributed by atoms with Crippen LogP contribution in [0.1, 0.15) is 12.0 Å². The Hall–Kier alpha value is -1.11. The number of carbonyl (C=O) groups is 1. The largest absolute Gasteiger partial charge is 0.303 e. The molecule has 1 heteroatoms. The van der Waals surface area contributed by atoms with Gasteiger partial charge in [0.2, 0.25) is 0 Å². The van der Waals surface area contributed by atoms with Crippen molar-refractivity contribution in [3.63, 3.8) is 0 Å². The lowest BCUT2D eigenvalue weighted by molar-refractivity contribution is -0.110. The zero-order valence-corrected chi connectivity index (χ0v) is 6.94. The van der Waals surface area contributed by atoms with Crippen molar-refractivity contribution in [2.75, 3.05) is 0 Å². The van der Waals surface area contributed by atoms with Gasteiger partial charge in [0.25, 0.3) is 0 Å². The van der Waals surface area contributed by atoms with Crippen molar-refractivity contribution in [3.05, 3.63) is 42.8 Å². The summed E-state index contributed by atoms with van der Waals surface area (Å²) in [6, 6.07) is 10.0. The summed E-state index contributed by atoms with van der Waals surface area (Å²) in [6.07, 6.45) is 2.40. The van der Waals surface area contributed by atoms with Gasteiger partial charge < -0.3 is 4.79 Å². The molecule has 1 rings (SSSR count). The molecule has 0 N–H and O–H groups in total. The Morgan fingerprint density at radius 3 is 2.58 bits per heavy atom. The van der Waals surface area contributed by atoms with Crippen LogP contribution in [0.4, 0.5) is 0 Å². The maximum atomic E-state index is 10.2. The number of hydrogen-bond acceptors (Lipinski definition) is 1. The van der Waals surface area contributed by atoms with Crippen LogP contribution in [0.15, 0.2) is 30.3 Å². The van der Waals surface area contributed by atoms with Crippen LogP contribution in [0.2, 0.25) is 0 Å². The van der Waals surface area contributed by atoms with E-state index in [1.807, 2.05) is 30.3 Å². The van der Waals surface area contributed by atoms with Gasteiger partial charge in [0.15, 0.2) is 0 Å². The van der Waals surface area contributed by atoms with E-state index in [0.717, 1.165) is 19.1 Å². The van der Waals surface area contributed by atoms with Gasteiger partial charge in [-0.3, -0.25) is 0 Å². The standard InChI is InChI=1S/C11H12O/c1-10(9-12)7-8-11-5-3-2-4-6-11/h1-6,9-10H,7-8H2/t10-/m0/s1. The molecular formula is C11H12O. The molecule has 0 heterocycles. The van der Waals surface area contributed by atoms with Crippen LogP contribution >= 0.6 is 0 Å². The average Bonchev–Trinajstić information content (AvgIpc) is 2.16. The van der Waals surface area contributed by atoms with Gasteiger partial charge >= 0.3 is 0 Å². The molecule has 1 aromatic rings. The molecule has 1 atom stereocenters. The average molecular weight is 160 g/mol. The first-order valence-corrected chi connectivity index (χ1v) is 4.07. The lowest BCUT2D eigenvalue weighted by Crippen LogP contribution is -1.98. The van der Waals surface area contributed by atoms with E-state index in [2.05, 4.69) is 0 Å². The van der Waals surface area contributed by atoms with Crippen molar-refractivity contribution >= 4 is 6.29 Å². The third-order valence-electron chi connectivity index (χ3n) is 1.78. The number of aryl methyl sites for hydroxylation is 1. The summed E-state index contributed by atoms with van der Waals surface area (Å²) < 4.78 is 0. The highest BCUT2D eigenvalue weighted by Gasteiger charge is 1.99. The molecule has 0 unspecified atom stereocenters. The summed E-state index contributed by atoms with van der Waals surface area (Å²) >= 11 is 0. The van der Waals surface area contributed by atoms with E-state index in [-0.39, 0.29) is 5.92 Å². The fourth-order valence-electron chi connectivity index (χ4n) is 1.05. The number of rotatable bonds is 4. The second-order valence-electron chi connectivity index (χ2n) is 2.82. The first kappa shape index (κ1) is 8.98. The second-order valence-corrected chi connectivity index (χ2v) is 2.82. The molecule has 0 bridgehead atoms. The maximum absolute atomic E-state index is 10.2. The molecule has 1 nitrogen and oxygen atoms in total. The normalized spacial score (nSPS) is 12.4. The number of hydrogen-bond donors (Lipinski definition) is 0. The maximum Gasteiger partial charge on any atom is 0.123 e. The van der Waals surface area contributed by atoms with Gasteiger partial charge in [0.05, 0.1) is 0 Å². The minimum Gasteiger partial charge on any atom is -0.303 e. The number of carbonyl (C=O) groups excluding carboxylic acids is 1. The Balaban J connectivity index is 2.38. The highest BCUT2D eigenvalue weighted by molar-refractivity contribution is 5.54. The second kappa shape index (κ2) is 4.70. The molecule has 0 aliphatic rings. The minimum absolute atomic E-state index is 0.315. The van der Waals surface area contributed by atoms with Crippen molar-refractivity contribution in [2.24, 2.45) is 5.92 Å². The highest BCUT2D eigenvalue weighted by atomic mass is 16.1. The summed E-state index contributed by atoms with van der Waals surface area (Å²) in [7, 11) is 0. The predicted octanol–water partition coefficient (Wildman–Crippen LogP) is 2.15. The van der Waals surface area contributed by atoms with Crippen LogP contribution in [-0.4, -0.2) is 6.29 Å². The molecule has 0 spiro atoms. The van der Waals surface area contributed by atoms with E-state index in [1.165, 1.54) is 5.56 Å². The van der Waals surface area contributed by atoms with Crippen molar-refractivity contribution in [2.45, 2.75) is 12.8 Å². The van der Waals surface area contributed by atoms with Gasteiger partial charge in [-0.1, -0.05) is 30.3 Å². The van der Waals surface area contributed by atoms with Crippen molar-refractivity contribution in [1.29, 1.82) is 0 Å². The number of benzene rings is 1. The Morgan fingerprint density at radius 1 is 1.33 bits per heavy atom. The monoisotopic (exact) mass is 160 g/mol. The van der Waals surface area contributed by atoms with Crippen molar-refractivity contribution in [1.82, 2.24) is 0 Å². The molecule has 0 aliphatic heterocycles. The molecule has 62 valence electrons. The van der Waals surface area contributed by atoms with Crippen LogP contribution in [0.25, 0.3) is 0 Å².